The molecule has 13 heteroatoms. The molecule has 0 radical (unpaired) electrons. The van der Waals surface area contributed by atoms with E-state index in [1.165, 1.54) is 29.8 Å². The normalized spacial score (nSPS) is 13.2. The molecule has 0 saturated heterocycles. The Morgan fingerprint density at radius 3 is 1.53 bits per heavy atom. The molecular weight excluding hydrogens is 690 g/mol. The molecule has 0 saturated carbocycles. The van der Waals surface area contributed by atoms with Crippen LogP contribution in [0.5, 0.6) is 23.0 Å². The van der Waals surface area contributed by atoms with E-state index in [1.54, 1.807) is 36.4 Å². The number of para-hydroxylation sites is 2. The number of aldehydes is 1. The second kappa shape index (κ2) is 18.0. The number of sulfonamides is 1. The average molecular weight is 730 g/mol. The van der Waals surface area contributed by atoms with Gasteiger partial charge in [0, 0.05) is 10.7 Å². The summed E-state index contributed by atoms with van der Waals surface area (Å²) in [5.74, 6) is 0.942. The van der Waals surface area contributed by atoms with E-state index in [0.717, 1.165) is 18.4 Å². The summed E-state index contributed by atoms with van der Waals surface area (Å²) in [6.45, 7) is 8.51. The van der Waals surface area contributed by atoms with Crippen LogP contribution in [0.2, 0.25) is 0 Å². The fourth-order valence-corrected chi connectivity index (χ4v) is 6.79. The lowest BCUT2D eigenvalue weighted by molar-refractivity contribution is -0.138. The van der Waals surface area contributed by atoms with Crippen LogP contribution in [0, 0.1) is 0 Å². The Bertz CT molecular complexity index is 1910. The summed E-state index contributed by atoms with van der Waals surface area (Å²) in [7, 11) is -2.59. The van der Waals surface area contributed by atoms with E-state index in [-0.39, 0.29) is 27.6 Å². The highest BCUT2D eigenvalue weighted by Crippen LogP contribution is 2.32. The number of aliphatic carboxylic acids is 1. The molecule has 262 valence electrons. The Morgan fingerprint density at radius 1 is 0.735 bits per heavy atom. The van der Waals surface area contributed by atoms with Crippen molar-refractivity contribution in [3.63, 3.8) is 0 Å². The van der Waals surface area contributed by atoms with Crippen LogP contribution in [0.1, 0.15) is 69.9 Å². The van der Waals surface area contributed by atoms with Gasteiger partial charge in [0.25, 0.3) is 9.05 Å². The topological polar surface area (TPSA) is 153 Å². The third-order valence-corrected chi connectivity index (χ3v) is 10.6. The lowest BCUT2D eigenvalue weighted by Crippen LogP contribution is -2.37. The minimum absolute atomic E-state index is 0.0299. The quantitative estimate of drug-likeness (QED) is 0.0910. The molecule has 0 aliphatic rings. The van der Waals surface area contributed by atoms with Crippen LogP contribution in [0.15, 0.2) is 107 Å². The minimum atomic E-state index is -4.16. The average Bonchev–Trinajstić information content (AvgIpc) is 3.08. The Balaban J connectivity index is 0.000000276. The van der Waals surface area contributed by atoms with E-state index >= 15 is 0 Å². The van der Waals surface area contributed by atoms with Gasteiger partial charge in [-0.25, -0.2) is 21.6 Å². The Labute approximate surface area is 292 Å². The van der Waals surface area contributed by atoms with Crippen molar-refractivity contribution in [2.24, 2.45) is 0 Å². The maximum absolute atomic E-state index is 12.6. The number of benzene rings is 4. The van der Waals surface area contributed by atoms with E-state index in [1.807, 2.05) is 36.4 Å². The molecule has 4 aromatic carbocycles. The molecule has 3 unspecified atom stereocenters. The van der Waals surface area contributed by atoms with Gasteiger partial charge in [-0.05, 0) is 84.3 Å². The number of carbonyl (C=O) groups excluding carboxylic acids is 1. The number of carboxylic acids is 1. The van der Waals surface area contributed by atoms with E-state index in [9.17, 15) is 26.4 Å². The monoisotopic (exact) mass is 729 g/mol. The molecule has 0 heterocycles. The van der Waals surface area contributed by atoms with Gasteiger partial charge < -0.3 is 19.4 Å². The molecule has 0 amide bonds. The van der Waals surface area contributed by atoms with Gasteiger partial charge in [0.1, 0.15) is 39.1 Å². The van der Waals surface area contributed by atoms with E-state index in [4.69, 9.17) is 25.3 Å². The first-order valence-electron chi connectivity index (χ1n) is 15.6. The van der Waals surface area contributed by atoms with Crippen molar-refractivity contribution in [3.05, 3.63) is 108 Å². The van der Waals surface area contributed by atoms with Gasteiger partial charge in [-0.2, -0.15) is 0 Å². The van der Waals surface area contributed by atoms with Crippen LogP contribution in [-0.2, 0) is 28.7 Å². The zero-order chi connectivity index (χ0) is 36.2. The highest BCUT2D eigenvalue weighted by molar-refractivity contribution is 8.13. The van der Waals surface area contributed by atoms with Crippen LogP contribution in [0.4, 0.5) is 0 Å². The highest BCUT2D eigenvalue weighted by Gasteiger charge is 2.25. The van der Waals surface area contributed by atoms with Crippen LogP contribution in [0.3, 0.4) is 0 Å². The summed E-state index contributed by atoms with van der Waals surface area (Å²) in [5.41, 5.74) is 2.38. The summed E-state index contributed by atoms with van der Waals surface area (Å²) < 4.78 is 61.8. The summed E-state index contributed by atoms with van der Waals surface area (Å²) >= 11 is 0. The first-order valence-corrected chi connectivity index (χ1v) is 19.3. The lowest BCUT2D eigenvalue weighted by atomic mass is 9.99. The fraction of sp³-hybridized carbons (Fsp3) is 0.278. The van der Waals surface area contributed by atoms with Crippen molar-refractivity contribution in [1.29, 1.82) is 0 Å². The molecule has 0 spiro atoms. The number of carbonyl (C=O) groups is 2. The third-order valence-electron chi connectivity index (χ3n) is 7.69. The SMILES string of the molecule is CCC(C)c1ccc(Oc2ccccc2S(=O)(=O)Cl)cc1.CCC(C)c1ccc(Oc2ccccc2S(=O)(=O)NC(C=O)CC(=O)O)cc1. The second-order valence-electron chi connectivity index (χ2n) is 11.3. The van der Waals surface area contributed by atoms with Crippen molar-refractivity contribution in [2.45, 2.75) is 74.6 Å². The molecule has 2 N–H and O–H groups in total. The third kappa shape index (κ3) is 11.7. The zero-order valence-electron chi connectivity index (χ0n) is 27.6. The zero-order valence-corrected chi connectivity index (χ0v) is 30.0. The highest BCUT2D eigenvalue weighted by atomic mass is 35.7. The van der Waals surface area contributed by atoms with Gasteiger partial charge >= 0.3 is 5.97 Å². The van der Waals surface area contributed by atoms with Gasteiger partial charge in [0.2, 0.25) is 10.0 Å². The van der Waals surface area contributed by atoms with Crippen LogP contribution in [0.25, 0.3) is 0 Å². The number of halogens is 1. The van der Waals surface area contributed by atoms with Gasteiger partial charge in [-0.15, -0.1) is 0 Å². The summed E-state index contributed by atoms with van der Waals surface area (Å²) in [5, 5.41) is 8.79. The van der Waals surface area contributed by atoms with Gasteiger partial charge in [0.05, 0.1) is 12.5 Å². The van der Waals surface area contributed by atoms with Crippen molar-refractivity contribution < 1.29 is 41.0 Å². The van der Waals surface area contributed by atoms with Crippen molar-refractivity contribution in [3.8, 4) is 23.0 Å². The molecule has 0 aliphatic carbocycles. The minimum Gasteiger partial charge on any atom is -0.481 e. The predicted octanol–water partition coefficient (Wildman–Crippen LogP) is 8.23. The fourth-order valence-electron chi connectivity index (χ4n) is 4.51. The number of ether oxygens (including phenoxy) is 2. The summed E-state index contributed by atoms with van der Waals surface area (Å²) in [6, 6.07) is 25.9. The molecule has 4 aromatic rings. The standard InChI is InChI=1S/C20H23NO6S.C16H17ClO3S/c1-3-14(2)15-8-10-17(11-9-15)27-18-6-4-5-7-19(18)28(25,26)21-16(13-22)12-20(23)24;1-3-12(2)13-8-10-14(11-9-13)20-15-6-4-5-7-16(15)21(17,18)19/h4-11,13-14,16,21H,3,12H2,1-2H3,(H,23,24);4-12H,3H2,1-2H3. The maximum atomic E-state index is 12.6. The number of carboxylic acid groups (broad SMARTS) is 1. The number of rotatable bonds is 15. The molecule has 3 atom stereocenters. The molecule has 0 aromatic heterocycles. The van der Waals surface area contributed by atoms with Gasteiger partial charge in [0.15, 0.2) is 0 Å². The van der Waals surface area contributed by atoms with E-state index in [2.05, 4.69) is 32.4 Å². The van der Waals surface area contributed by atoms with Crippen molar-refractivity contribution in [1.82, 2.24) is 4.72 Å². The summed E-state index contributed by atoms with van der Waals surface area (Å²) in [6.07, 6.45) is 1.67. The van der Waals surface area contributed by atoms with Crippen LogP contribution in [-0.4, -0.2) is 40.2 Å². The number of nitrogens with one attached hydrogen (secondary N) is 1. The number of hydrogen-bond donors (Lipinski definition) is 2. The van der Waals surface area contributed by atoms with Crippen LogP contribution >= 0.6 is 10.7 Å². The molecule has 0 bridgehead atoms. The first-order chi connectivity index (χ1) is 23.2. The van der Waals surface area contributed by atoms with Crippen molar-refractivity contribution >= 4 is 42.0 Å². The molecule has 0 fully saturated rings. The Hall–Kier alpha value is -4.23. The molecule has 4 rings (SSSR count). The van der Waals surface area contributed by atoms with E-state index < -0.39 is 37.5 Å². The van der Waals surface area contributed by atoms with E-state index in [0.29, 0.717) is 23.3 Å². The molecule has 10 nitrogen and oxygen atoms in total. The van der Waals surface area contributed by atoms with Crippen LogP contribution < -0.4 is 14.2 Å². The molecule has 49 heavy (non-hydrogen) atoms. The Morgan fingerprint density at radius 2 is 1.14 bits per heavy atom. The van der Waals surface area contributed by atoms with Gasteiger partial charge in [-0.3, -0.25) is 4.79 Å². The second-order valence-corrected chi connectivity index (χ2v) is 15.5. The number of hydrogen-bond acceptors (Lipinski definition) is 8. The lowest BCUT2D eigenvalue weighted by Gasteiger charge is -2.15. The van der Waals surface area contributed by atoms with Gasteiger partial charge in [-0.1, -0.05) is 76.2 Å². The molecular formula is C36H40ClNO9S2. The maximum Gasteiger partial charge on any atom is 0.305 e. The molecule has 0 aliphatic heterocycles. The largest absolute Gasteiger partial charge is 0.481 e. The predicted molar refractivity (Wildman–Crippen MR) is 189 cm³/mol. The Kier molecular flexibility index (Phi) is 14.4. The van der Waals surface area contributed by atoms with Crippen molar-refractivity contribution in [2.75, 3.05) is 0 Å². The first kappa shape index (κ1) is 39.2. The summed E-state index contributed by atoms with van der Waals surface area (Å²) in [4.78, 5) is 21.6. The smallest absolute Gasteiger partial charge is 0.305 e.